The SMILES string of the molecule is COC(=O)[C@H]1CC(F)(F)CC[C@@H]1C(=O)O. The molecule has 1 saturated carbocycles. The van der Waals surface area contributed by atoms with Gasteiger partial charge in [0.05, 0.1) is 18.9 Å². The lowest BCUT2D eigenvalue weighted by Crippen LogP contribution is -2.40. The molecule has 6 heteroatoms. The standard InChI is InChI=1S/C9H12F2O4/c1-15-8(14)6-4-9(10,11)3-2-5(6)7(12)13/h5-6H,2-4H2,1H3,(H,12,13)/t5-,6-/m0/s1. The lowest BCUT2D eigenvalue weighted by Gasteiger charge is -2.31. The number of rotatable bonds is 2. The van der Waals surface area contributed by atoms with Crippen molar-refractivity contribution in [1.29, 1.82) is 0 Å². The van der Waals surface area contributed by atoms with E-state index >= 15 is 0 Å². The number of aliphatic carboxylic acids is 1. The largest absolute Gasteiger partial charge is 0.481 e. The lowest BCUT2D eigenvalue weighted by atomic mass is 9.77. The lowest BCUT2D eigenvalue weighted by molar-refractivity contribution is -0.166. The molecule has 1 rings (SSSR count). The van der Waals surface area contributed by atoms with Crippen molar-refractivity contribution in [2.75, 3.05) is 7.11 Å². The summed E-state index contributed by atoms with van der Waals surface area (Å²) in [6, 6.07) is 0. The molecule has 0 aliphatic heterocycles. The van der Waals surface area contributed by atoms with Gasteiger partial charge < -0.3 is 9.84 Å². The Morgan fingerprint density at radius 2 is 2.00 bits per heavy atom. The highest BCUT2D eigenvalue weighted by atomic mass is 19.3. The Morgan fingerprint density at radius 3 is 2.47 bits per heavy atom. The Bertz CT molecular complexity index is 277. The Hall–Kier alpha value is -1.20. The van der Waals surface area contributed by atoms with Gasteiger partial charge in [-0.1, -0.05) is 0 Å². The van der Waals surface area contributed by atoms with Crippen LogP contribution in [-0.4, -0.2) is 30.1 Å². The van der Waals surface area contributed by atoms with Crippen LogP contribution in [0.4, 0.5) is 8.78 Å². The summed E-state index contributed by atoms with van der Waals surface area (Å²) in [5.74, 6) is -7.36. The zero-order chi connectivity index (χ0) is 11.6. The molecule has 1 aliphatic carbocycles. The molecular formula is C9H12F2O4. The van der Waals surface area contributed by atoms with E-state index in [1.807, 2.05) is 0 Å². The van der Waals surface area contributed by atoms with Gasteiger partial charge in [-0.15, -0.1) is 0 Å². The van der Waals surface area contributed by atoms with Crippen molar-refractivity contribution < 1.29 is 28.2 Å². The number of carboxylic acid groups (broad SMARTS) is 1. The second-order valence-electron chi connectivity index (χ2n) is 3.67. The Balaban J connectivity index is 2.83. The van der Waals surface area contributed by atoms with Crippen molar-refractivity contribution in [2.45, 2.75) is 25.2 Å². The van der Waals surface area contributed by atoms with Gasteiger partial charge in [0.25, 0.3) is 0 Å². The summed E-state index contributed by atoms with van der Waals surface area (Å²) in [7, 11) is 1.06. The summed E-state index contributed by atoms with van der Waals surface area (Å²) in [4.78, 5) is 21.9. The average molecular weight is 222 g/mol. The van der Waals surface area contributed by atoms with Gasteiger partial charge in [0, 0.05) is 12.8 Å². The molecule has 4 nitrogen and oxygen atoms in total. The molecule has 2 atom stereocenters. The van der Waals surface area contributed by atoms with E-state index in [1.54, 1.807) is 0 Å². The molecule has 1 fully saturated rings. The number of carboxylic acids is 1. The number of carbonyl (C=O) groups is 2. The number of ether oxygens (including phenoxy) is 1. The predicted octanol–water partition coefficient (Wildman–Crippen LogP) is 1.30. The van der Waals surface area contributed by atoms with Crippen LogP contribution in [0.15, 0.2) is 0 Å². The molecule has 0 unspecified atom stereocenters. The predicted molar refractivity (Wildman–Crippen MR) is 45.4 cm³/mol. The first-order valence-corrected chi connectivity index (χ1v) is 4.56. The van der Waals surface area contributed by atoms with Crippen LogP contribution in [0.3, 0.4) is 0 Å². The number of hydrogen-bond acceptors (Lipinski definition) is 3. The minimum Gasteiger partial charge on any atom is -0.481 e. The van der Waals surface area contributed by atoms with Gasteiger partial charge >= 0.3 is 11.9 Å². The molecule has 0 amide bonds. The summed E-state index contributed by atoms with van der Waals surface area (Å²) >= 11 is 0. The number of methoxy groups -OCH3 is 1. The van der Waals surface area contributed by atoms with E-state index in [-0.39, 0.29) is 6.42 Å². The number of hydrogen-bond donors (Lipinski definition) is 1. The van der Waals surface area contributed by atoms with Gasteiger partial charge in [0.1, 0.15) is 0 Å². The number of alkyl halides is 2. The third-order valence-electron chi connectivity index (χ3n) is 2.65. The molecule has 0 aromatic heterocycles. The molecule has 0 bridgehead atoms. The molecular weight excluding hydrogens is 210 g/mol. The first-order chi connectivity index (χ1) is 6.87. The highest BCUT2D eigenvalue weighted by molar-refractivity contribution is 5.81. The molecule has 15 heavy (non-hydrogen) atoms. The zero-order valence-electron chi connectivity index (χ0n) is 8.20. The number of carbonyl (C=O) groups excluding carboxylic acids is 1. The van der Waals surface area contributed by atoms with Gasteiger partial charge in [-0.25, -0.2) is 8.78 Å². The summed E-state index contributed by atoms with van der Waals surface area (Å²) in [5, 5.41) is 8.77. The monoisotopic (exact) mass is 222 g/mol. The van der Waals surface area contributed by atoms with Crippen LogP contribution < -0.4 is 0 Å². The Labute approximate surface area is 85.2 Å². The van der Waals surface area contributed by atoms with Crippen LogP contribution in [0.2, 0.25) is 0 Å². The van der Waals surface area contributed by atoms with E-state index in [0.717, 1.165) is 7.11 Å². The second-order valence-corrected chi connectivity index (χ2v) is 3.67. The normalized spacial score (nSPS) is 29.5. The van der Waals surface area contributed by atoms with Crippen molar-refractivity contribution in [1.82, 2.24) is 0 Å². The van der Waals surface area contributed by atoms with E-state index in [0.29, 0.717) is 0 Å². The molecule has 1 N–H and O–H groups in total. The van der Waals surface area contributed by atoms with Gasteiger partial charge in [-0.2, -0.15) is 0 Å². The smallest absolute Gasteiger partial charge is 0.309 e. The van der Waals surface area contributed by atoms with Crippen LogP contribution >= 0.6 is 0 Å². The molecule has 0 aromatic carbocycles. The summed E-state index contributed by atoms with van der Waals surface area (Å²) in [6.07, 6.45) is -1.42. The number of esters is 1. The van der Waals surface area contributed by atoms with Crippen LogP contribution in [0, 0.1) is 11.8 Å². The minimum absolute atomic E-state index is 0.192. The summed E-state index contributed by atoms with van der Waals surface area (Å²) < 4.78 is 30.3. The minimum atomic E-state index is -2.97. The maximum atomic E-state index is 13.0. The highest BCUT2D eigenvalue weighted by Gasteiger charge is 2.47. The van der Waals surface area contributed by atoms with Crippen LogP contribution in [0.1, 0.15) is 19.3 Å². The molecule has 0 radical (unpaired) electrons. The van der Waals surface area contributed by atoms with Gasteiger partial charge in [0.15, 0.2) is 0 Å². The third-order valence-corrected chi connectivity index (χ3v) is 2.65. The molecule has 1 aliphatic rings. The quantitative estimate of drug-likeness (QED) is 0.715. The second kappa shape index (κ2) is 4.12. The zero-order valence-corrected chi connectivity index (χ0v) is 8.20. The van der Waals surface area contributed by atoms with E-state index in [9.17, 15) is 18.4 Å². The fourth-order valence-electron chi connectivity index (χ4n) is 1.83. The maximum Gasteiger partial charge on any atom is 0.309 e. The van der Waals surface area contributed by atoms with Crippen LogP contribution in [0.25, 0.3) is 0 Å². The summed E-state index contributed by atoms with van der Waals surface area (Å²) in [5.41, 5.74) is 0. The van der Waals surface area contributed by atoms with E-state index in [1.165, 1.54) is 0 Å². The molecule has 0 heterocycles. The van der Waals surface area contributed by atoms with Crippen LogP contribution in [-0.2, 0) is 14.3 Å². The van der Waals surface area contributed by atoms with Gasteiger partial charge in [-0.05, 0) is 6.42 Å². The number of halogens is 2. The van der Waals surface area contributed by atoms with E-state index < -0.39 is 42.5 Å². The van der Waals surface area contributed by atoms with Crippen molar-refractivity contribution in [3.63, 3.8) is 0 Å². The Kier molecular flexibility index (Phi) is 3.26. The molecule has 86 valence electrons. The fraction of sp³-hybridized carbons (Fsp3) is 0.778. The maximum absolute atomic E-state index is 13.0. The third kappa shape index (κ3) is 2.64. The molecule has 0 saturated heterocycles. The fourth-order valence-corrected chi connectivity index (χ4v) is 1.83. The van der Waals surface area contributed by atoms with E-state index in [2.05, 4.69) is 4.74 Å². The van der Waals surface area contributed by atoms with Gasteiger partial charge in [0.2, 0.25) is 5.92 Å². The van der Waals surface area contributed by atoms with Crippen molar-refractivity contribution in [2.24, 2.45) is 11.8 Å². The topological polar surface area (TPSA) is 63.6 Å². The first kappa shape index (κ1) is 11.9. The van der Waals surface area contributed by atoms with Crippen molar-refractivity contribution >= 4 is 11.9 Å². The van der Waals surface area contributed by atoms with Crippen molar-refractivity contribution in [3.05, 3.63) is 0 Å². The first-order valence-electron chi connectivity index (χ1n) is 4.56. The van der Waals surface area contributed by atoms with Gasteiger partial charge in [-0.3, -0.25) is 9.59 Å². The summed E-state index contributed by atoms with van der Waals surface area (Å²) in [6.45, 7) is 0. The molecule has 0 aromatic rings. The highest BCUT2D eigenvalue weighted by Crippen LogP contribution is 2.40. The average Bonchev–Trinajstić information content (AvgIpc) is 2.14. The van der Waals surface area contributed by atoms with E-state index in [4.69, 9.17) is 5.11 Å². The molecule has 0 spiro atoms. The van der Waals surface area contributed by atoms with Crippen molar-refractivity contribution in [3.8, 4) is 0 Å². The van der Waals surface area contributed by atoms with Crippen LogP contribution in [0.5, 0.6) is 0 Å². The Morgan fingerprint density at radius 1 is 1.40 bits per heavy atom.